The molecule has 37 heavy (non-hydrogen) atoms. The summed E-state index contributed by atoms with van der Waals surface area (Å²) < 4.78 is 4.86. The Morgan fingerprint density at radius 1 is 0.946 bits per heavy atom. The Morgan fingerprint density at radius 3 is 1.92 bits per heavy atom. The summed E-state index contributed by atoms with van der Waals surface area (Å²) in [4.78, 5) is 25.7. The average Bonchev–Trinajstić information content (AvgIpc) is 3.34. The van der Waals surface area contributed by atoms with Crippen LogP contribution in [0.2, 0.25) is 0 Å². The number of nitrogens with zero attached hydrogens (tertiary/aromatic N) is 1. The number of likely N-dealkylation sites (tertiary alicyclic amines) is 1. The number of hydrogen-bond donors (Lipinski definition) is 1. The number of rotatable bonds is 10. The number of aliphatic carboxylic acids is 1. The van der Waals surface area contributed by atoms with E-state index in [1.807, 2.05) is 30.0 Å². The molecule has 2 atom stereocenters. The Balaban J connectivity index is 1.74. The number of ether oxygens (including phenoxy) is 1. The number of hydrogen-bond acceptors (Lipinski definition) is 5. The number of thioether (sulfide) groups is 2. The zero-order chi connectivity index (χ0) is 26.1. The molecule has 4 rings (SSSR count). The molecule has 3 aromatic carbocycles. The summed E-state index contributed by atoms with van der Waals surface area (Å²) in [6.45, 7) is 4.23. The second-order valence-electron chi connectivity index (χ2n) is 8.50. The Morgan fingerprint density at radius 2 is 1.46 bits per heavy atom. The second kappa shape index (κ2) is 12.7. The van der Waals surface area contributed by atoms with E-state index in [0.29, 0.717) is 13.0 Å². The molecule has 5 nitrogen and oxygen atoms in total. The minimum Gasteiger partial charge on any atom is -0.478 e. The molecular formula is C30H29NO4S2. The van der Waals surface area contributed by atoms with Crippen LogP contribution in [0.5, 0.6) is 0 Å². The highest BCUT2D eigenvalue weighted by molar-refractivity contribution is 8.03. The minimum absolute atomic E-state index is 0.0626. The van der Waals surface area contributed by atoms with Crippen molar-refractivity contribution < 1.29 is 19.4 Å². The Labute approximate surface area is 226 Å². The van der Waals surface area contributed by atoms with Crippen LogP contribution in [-0.4, -0.2) is 45.8 Å². The van der Waals surface area contributed by atoms with Crippen LogP contribution < -0.4 is 0 Å². The molecule has 0 radical (unpaired) electrons. The lowest BCUT2D eigenvalue weighted by molar-refractivity contribution is -0.131. The van der Waals surface area contributed by atoms with Crippen LogP contribution in [-0.2, 0) is 14.3 Å². The van der Waals surface area contributed by atoms with Crippen LogP contribution in [0, 0.1) is 0 Å². The molecule has 190 valence electrons. The lowest BCUT2D eigenvalue weighted by Gasteiger charge is -2.37. The highest BCUT2D eigenvalue weighted by Gasteiger charge is 2.44. The van der Waals surface area contributed by atoms with E-state index in [9.17, 15) is 9.59 Å². The third-order valence-electron chi connectivity index (χ3n) is 6.10. The topological polar surface area (TPSA) is 66.8 Å². The van der Waals surface area contributed by atoms with Crippen LogP contribution in [0.4, 0.5) is 4.79 Å². The number of carbonyl (C=O) groups is 2. The van der Waals surface area contributed by atoms with Gasteiger partial charge in [-0.25, -0.2) is 9.59 Å². The van der Waals surface area contributed by atoms with Crippen molar-refractivity contribution in [1.29, 1.82) is 0 Å². The van der Waals surface area contributed by atoms with Crippen LogP contribution >= 0.6 is 23.5 Å². The average molecular weight is 532 g/mol. The van der Waals surface area contributed by atoms with Crippen molar-refractivity contribution in [2.45, 2.75) is 21.8 Å². The van der Waals surface area contributed by atoms with Crippen molar-refractivity contribution in [3.05, 3.63) is 132 Å². The van der Waals surface area contributed by atoms with Gasteiger partial charge in [-0.05, 0) is 28.5 Å². The van der Waals surface area contributed by atoms with Gasteiger partial charge >= 0.3 is 12.1 Å². The van der Waals surface area contributed by atoms with Crippen molar-refractivity contribution in [2.24, 2.45) is 0 Å². The number of carboxylic acids is 1. The van der Waals surface area contributed by atoms with Crippen LogP contribution in [0.3, 0.4) is 0 Å². The van der Waals surface area contributed by atoms with Gasteiger partial charge in [0.1, 0.15) is 6.61 Å². The third kappa shape index (κ3) is 6.29. The third-order valence-corrected chi connectivity index (χ3v) is 8.89. The van der Waals surface area contributed by atoms with Crippen LogP contribution in [0.1, 0.15) is 23.1 Å². The highest BCUT2D eigenvalue weighted by atomic mass is 32.2. The number of carbonyl (C=O) groups excluding carboxylic acids is 1. The van der Waals surface area contributed by atoms with Crippen LogP contribution in [0.15, 0.2) is 115 Å². The van der Waals surface area contributed by atoms with Crippen molar-refractivity contribution >= 4 is 35.6 Å². The van der Waals surface area contributed by atoms with Gasteiger partial charge in [0.05, 0.1) is 10.1 Å². The molecule has 1 amide bonds. The van der Waals surface area contributed by atoms with E-state index in [1.54, 1.807) is 4.90 Å². The maximum Gasteiger partial charge on any atom is 0.411 e. The first-order valence-electron chi connectivity index (χ1n) is 12.0. The lowest BCUT2D eigenvalue weighted by atomic mass is 9.84. The van der Waals surface area contributed by atoms with E-state index < -0.39 is 16.8 Å². The van der Waals surface area contributed by atoms with Gasteiger partial charge in [-0.1, -0.05) is 104 Å². The molecule has 1 heterocycles. The summed E-state index contributed by atoms with van der Waals surface area (Å²) in [7, 11) is 0. The van der Waals surface area contributed by atoms with Gasteiger partial charge in [-0.2, -0.15) is 0 Å². The zero-order valence-corrected chi connectivity index (χ0v) is 21.9. The maximum absolute atomic E-state index is 12.9. The molecule has 1 aliphatic rings. The summed E-state index contributed by atoms with van der Waals surface area (Å²) in [6.07, 6.45) is 2.89. The first kappa shape index (κ1) is 26.6. The standard InChI is InChI=1S/C30H29NO4S2/c1-2-19-35-29(34)31-22-26(21-27(31)36-20-18-28(32)33)37-30(23-12-6-3-7-13-23,24-14-8-4-9-15-24)25-16-10-5-11-17-25/h2-18,20,26-27H,1,19,21-22H2,(H,32,33)/b20-18-/t26-,27-/m0/s1. The van der Waals surface area contributed by atoms with Crippen molar-refractivity contribution in [2.75, 3.05) is 13.2 Å². The summed E-state index contributed by atoms with van der Waals surface area (Å²) in [6, 6.07) is 31.3. The first-order valence-corrected chi connectivity index (χ1v) is 13.8. The SMILES string of the molecule is C=CCOC(=O)N1C[C@@H](SC(c2ccccc2)(c2ccccc2)c2ccccc2)C[C@@H]1S/C=C\C(=O)O. The van der Waals surface area contributed by atoms with Gasteiger partial charge < -0.3 is 9.84 Å². The van der Waals surface area contributed by atoms with E-state index in [1.165, 1.54) is 23.2 Å². The fraction of sp³-hybridized carbons (Fsp3) is 0.200. The van der Waals surface area contributed by atoms with Gasteiger partial charge in [-0.15, -0.1) is 23.5 Å². The minimum atomic E-state index is -1.02. The normalized spacial score (nSPS) is 17.6. The van der Waals surface area contributed by atoms with Gasteiger partial charge in [0.2, 0.25) is 0 Å². The Bertz CT molecular complexity index is 1120. The molecule has 0 unspecified atom stereocenters. The fourth-order valence-electron chi connectivity index (χ4n) is 4.54. The molecule has 0 bridgehead atoms. The van der Waals surface area contributed by atoms with Crippen molar-refractivity contribution in [1.82, 2.24) is 4.90 Å². The predicted octanol–water partition coefficient (Wildman–Crippen LogP) is 6.77. The number of amides is 1. The van der Waals surface area contributed by atoms with Gasteiger partial charge in [0.25, 0.3) is 0 Å². The highest BCUT2D eigenvalue weighted by Crippen LogP contribution is 2.52. The Hall–Kier alpha value is -3.42. The van der Waals surface area contributed by atoms with E-state index in [4.69, 9.17) is 9.84 Å². The van der Waals surface area contributed by atoms with Gasteiger partial charge in [0.15, 0.2) is 0 Å². The second-order valence-corrected chi connectivity index (χ2v) is 11.1. The molecule has 0 spiro atoms. The fourth-order valence-corrected chi connectivity index (χ4v) is 7.53. The molecule has 1 saturated heterocycles. The van der Waals surface area contributed by atoms with E-state index in [0.717, 1.165) is 22.8 Å². The predicted molar refractivity (Wildman–Crippen MR) is 152 cm³/mol. The summed E-state index contributed by atoms with van der Waals surface area (Å²) >= 11 is 3.15. The quantitative estimate of drug-likeness (QED) is 0.177. The van der Waals surface area contributed by atoms with Crippen LogP contribution in [0.25, 0.3) is 0 Å². The smallest absolute Gasteiger partial charge is 0.411 e. The molecule has 7 heteroatoms. The largest absolute Gasteiger partial charge is 0.478 e. The van der Waals surface area contributed by atoms with E-state index in [2.05, 4.69) is 79.4 Å². The summed E-state index contributed by atoms with van der Waals surface area (Å²) in [5.41, 5.74) is 3.46. The molecule has 0 saturated carbocycles. The monoisotopic (exact) mass is 531 g/mol. The van der Waals surface area contributed by atoms with Crippen molar-refractivity contribution in [3.63, 3.8) is 0 Å². The molecule has 1 aliphatic heterocycles. The lowest BCUT2D eigenvalue weighted by Crippen LogP contribution is -2.35. The Kier molecular flexibility index (Phi) is 9.14. The van der Waals surface area contributed by atoms with Crippen molar-refractivity contribution in [3.8, 4) is 0 Å². The molecular weight excluding hydrogens is 502 g/mol. The maximum atomic E-state index is 12.9. The zero-order valence-electron chi connectivity index (χ0n) is 20.3. The molecule has 0 aromatic heterocycles. The van der Waals surface area contributed by atoms with Gasteiger partial charge in [-0.3, -0.25) is 4.90 Å². The molecule has 0 aliphatic carbocycles. The number of benzene rings is 3. The summed E-state index contributed by atoms with van der Waals surface area (Å²) in [5.74, 6) is -1.02. The summed E-state index contributed by atoms with van der Waals surface area (Å²) in [5, 5.41) is 10.4. The van der Waals surface area contributed by atoms with E-state index in [-0.39, 0.29) is 17.2 Å². The molecule has 3 aromatic rings. The number of carboxylic acid groups (broad SMARTS) is 1. The molecule has 1 N–H and O–H groups in total. The van der Waals surface area contributed by atoms with Gasteiger partial charge in [0, 0.05) is 17.9 Å². The first-order chi connectivity index (χ1) is 18.0. The molecule has 1 fully saturated rings. The van der Waals surface area contributed by atoms with E-state index >= 15 is 0 Å².